The Balaban J connectivity index is 1.41. The van der Waals surface area contributed by atoms with Crippen LogP contribution in [0.1, 0.15) is 24.0 Å². The number of ether oxygens (including phenoxy) is 1. The number of hydrogen-bond acceptors (Lipinski definition) is 7. The van der Waals surface area contributed by atoms with Gasteiger partial charge in [-0.3, -0.25) is 14.2 Å². The molecule has 194 valence electrons. The van der Waals surface area contributed by atoms with E-state index in [1.165, 1.54) is 19.2 Å². The van der Waals surface area contributed by atoms with Gasteiger partial charge in [0.2, 0.25) is 5.91 Å². The number of rotatable bonds is 9. The number of carbonyl (C=O) groups is 1. The molecule has 37 heavy (non-hydrogen) atoms. The van der Waals surface area contributed by atoms with Crippen LogP contribution in [0.5, 0.6) is 5.75 Å². The van der Waals surface area contributed by atoms with Crippen molar-refractivity contribution in [2.75, 3.05) is 18.4 Å². The minimum absolute atomic E-state index is 0.0111. The fourth-order valence-electron chi connectivity index (χ4n) is 4.41. The summed E-state index contributed by atoms with van der Waals surface area (Å²) in [7, 11) is -2.36. The Morgan fingerprint density at radius 1 is 1.22 bits per heavy atom. The lowest BCUT2D eigenvalue weighted by atomic mass is 10.1. The molecule has 0 bridgehead atoms. The van der Waals surface area contributed by atoms with Crippen molar-refractivity contribution in [1.82, 2.24) is 20.4 Å². The van der Waals surface area contributed by atoms with Gasteiger partial charge in [0.05, 0.1) is 34.9 Å². The summed E-state index contributed by atoms with van der Waals surface area (Å²) in [6, 6.07) is 16.2. The van der Waals surface area contributed by atoms with Crippen molar-refractivity contribution in [2.45, 2.75) is 36.2 Å². The van der Waals surface area contributed by atoms with Crippen LogP contribution in [0.2, 0.25) is 4.34 Å². The number of benzene rings is 2. The number of thiophene rings is 1. The molecule has 2 aromatic heterocycles. The molecule has 0 aliphatic carbocycles. The fourth-order valence-corrected chi connectivity index (χ4v) is 6.90. The van der Waals surface area contributed by atoms with Gasteiger partial charge in [0, 0.05) is 6.54 Å². The molecular weight excluding hydrogens is 534 g/mol. The molecular formula is C25H26ClN5O4S2. The first-order chi connectivity index (χ1) is 17.8. The number of nitrogens with zero attached hydrogens (tertiary/aromatic N) is 2. The van der Waals surface area contributed by atoms with Crippen molar-refractivity contribution in [2.24, 2.45) is 0 Å². The van der Waals surface area contributed by atoms with Crippen LogP contribution in [-0.4, -0.2) is 43.8 Å². The SMILES string of the molecule is COc1cccc2c1c(NS(=O)(=O)c1ccc(Cl)s1)nn2Cc1cccc(CNC(=O)C2CCCN2)c1. The normalized spacial score (nSPS) is 15.7. The third-order valence-electron chi connectivity index (χ3n) is 6.17. The highest BCUT2D eigenvalue weighted by Crippen LogP contribution is 2.35. The summed E-state index contributed by atoms with van der Waals surface area (Å²) in [5.74, 6) is 0.684. The van der Waals surface area contributed by atoms with Gasteiger partial charge in [0.25, 0.3) is 10.0 Å². The van der Waals surface area contributed by atoms with E-state index in [4.69, 9.17) is 16.3 Å². The minimum atomic E-state index is -3.89. The van der Waals surface area contributed by atoms with Crippen LogP contribution < -0.4 is 20.1 Å². The Hall–Kier alpha value is -3.12. The number of hydrogen-bond donors (Lipinski definition) is 3. The Labute approximate surface area is 223 Å². The second-order valence-electron chi connectivity index (χ2n) is 8.71. The highest BCUT2D eigenvalue weighted by atomic mass is 35.5. The van der Waals surface area contributed by atoms with Crippen molar-refractivity contribution >= 4 is 55.6 Å². The summed E-state index contributed by atoms with van der Waals surface area (Å²) < 4.78 is 36.3. The first kappa shape index (κ1) is 25.5. The van der Waals surface area contributed by atoms with Gasteiger partial charge in [0.15, 0.2) is 5.82 Å². The molecule has 1 fully saturated rings. The van der Waals surface area contributed by atoms with E-state index in [0.717, 1.165) is 41.9 Å². The maximum atomic E-state index is 13.0. The molecule has 12 heteroatoms. The molecule has 0 radical (unpaired) electrons. The number of halogens is 1. The monoisotopic (exact) mass is 559 g/mol. The molecule has 1 aliphatic rings. The lowest BCUT2D eigenvalue weighted by Crippen LogP contribution is -2.40. The third kappa shape index (κ3) is 5.59. The first-order valence-corrected chi connectivity index (χ1v) is 14.4. The zero-order valence-electron chi connectivity index (χ0n) is 20.0. The highest BCUT2D eigenvalue weighted by molar-refractivity contribution is 7.94. The van der Waals surface area contributed by atoms with Gasteiger partial charge in [-0.1, -0.05) is 41.9 Å². The van der Waals surface area contributed by atoms with E-state index in [9.17, 15) is 13.2 Å². The van der Waals surface area contributed by atoms with Crippen LogP contribution in [0.4, 0.5) is 5.82 Å². The molecule has 4 aromatic rings. The topological polar surface area (TPSA) is 114 Å². The highest BCUT2D eigenvalue weighted by Gasteiger charge is 2.23. The number of carbonyl (C=O) groups excluding carboxylic acids is 1. The summed E-state index contributed by atoms with van der Waals surface area (Å²) in [4.78, 5) is 12.4. The Bertz CT molecular complexity index is 1540. The van der Waals surface area contributed by atoms with Gasteiger partial charge in [-0.2, -0.15) is 5.10 Å². The number of fused-ring (bicyclic) bond motifs is 1. The molecule has 3 N–H and O–H groups in total. The van der Waals surface area contributed by atoms with Gasteiger partial charge in [-0.25, -0.2) is 8.42 Å². The molecule has 1 atom stereocenters. The quantitative estimate of drug-likeness (QED) is 0.286. The predicted octanol–water partition coefficient (Wildman–Crippen LogP) is 3.98. The minimum Gasteiger partial charge on any atom is -0.496 e. The molecule has 0 saturated carbocycles. The van der Waals surface area contributed by atoms with Crippen molar-refractivity contribution in [1.29, 1.82) is 0 Å². The molecule has 3 heterocycles. The average molecular weight is 560 g/mol. The predicted molar refractivity (Wildman–Crippen MR) is 145 cm³/mol. The summed E-state index contributed by atoms with van der Waals surface area (Å²) in [5.41, 5.74) is 2.64. The summed E-state index contributed by atoms with van der Waals surface area (Å²) in [6.07, 6.45) is 1.86. The maximum absolute atomic E-state index is 13.0. The molecule has 0 spiro atoms. The Morgan fingerprint density at radius 3 is 2.76 bits per heavy atom. The van der Waals surface area contributed by atoms with Crippen molar-refractivity contribution in [3.8, 4) is 5.75 Å². The Morgan fingerprint density at radius 2 is 2.03 bits per heavy atom. The van der Waals surface area contributed by atoms with Gasteiger partial charge in [-0.05, 0) is 54.8 Å². The van der Waals surface area contributed by atoms with E-state index in [-0.39, 0.29) is 22.0 Å². The average Bonchev–Trinajstić information content (AvgIpc) is 3.64. The number of aromatic nitrogens is 2. The van der Waals surface area contributed by atoms with Gasteiger partial charge < -0.3 is 15.4 Å². The molecule has 1 aliphatic heterocycles. The second kappa shape index (κ2) is 10.7. The van der Waals surface area contributed by atoms with E-state index in [0.29, 0.717) is 34.1 Å². The van der Waals surface area contributed by atoms with Crippen LogP contribution in [0.15, 0.2) is 58.8 Å². The number of amides is 1. The fraction of sp³-hybridized carbons (Fsp3) is 0.280. The third-order valence-corrected chi connectivity index (χ3v) is 9.23. The van der Waals surface area contributed by atoms with E-state index >= 15 is 0 Å². The van der Waals surface area contributed by atoms with Crippen LogP contribution in [-0.2, 0) is 27.9 Å². The summed E-state index contributed by atoms with van der Waals surface area (Å²) >= 11 is 6.92. The van der Waals surface area contributed by atoms with Gasteiger partial charge in [0.1, 0.15) is 9.96 Å². The zero-order valence-corrected chi connectivity index (χ0v) is 22.4. The molecule has 1 amide bonds. The number of anilines is 1. The lowest BCUT2D eigenvalue weighted by molar-refractivity contribution is -0.122. The molecule has 5 rings (SSSR count). The van der Waals surface area contributed by atoms with Crippen LogP contribution in [0.25, 0.3) is 10.9 Å². The standard InChI is InChI=1S/C25H26ClN5O4S2/c1-35-20-9-3-8-19-23(20)24(30-37(33,34)22-11-10-21(26)36-22)29-31(19)15-17-6-2-5-16(13-17)14-28-25(32)18-7-4-12-27-18/h2-3,5-6,8-11,13,18,27H,4,7,12,14-15H2,1H3,(H,28,32)(H,29,30). The molecule has 9 nitrogen and oxygen atoms in total. The molecule has 1 unspecified atom stereocenters. The van der Waals surface area contributed by atoms with E-state index in [1.54, 1.807) is 10.7 Å². The van der Waals surface area contributed by atoms with Gasteiger partial charge >= 0.3 is 0 Å². The van der Waals surface area contributed by atoms with Crippen molar-refractivity contribution in [3.05, 3.63) is 70.1 Å². The van der Waals surface area contributed by atoms with Gasteiger partial charge in [-0.15, -0.1) is 11.3 Å². The summed E-state index contributed by atoms with van der Waals surface area (Å²) in [6.45, 7) is 1.69. The number of nitrogens with one attached hydrogen (secondary N) is 3. The number of sulfonamides is 1. The van der Waals surface area contributed by atoms with Crippen LogP contribution in [0, 0.1) is 0 Å². The Kier molecular flexibility index (Phi) is 7.38. The smallest absolute Gasteiger partial charge is 0.272 e. The number of methoxy groups -OCH3 is 1. The van der Waals surface area contributed by atoms with E-state index < -0.39 is 10.0 Å². The van der Waals surface area contributed by atoms with Crippen molar-refractivity contribution in [3.63, 3.8) is 0 Å². The second-order valence-corrected chi connectivity index (χ2v) is 12.3. The molecule has 2 aromatic carbocycles. The first-order valence-electron chi connectivity index (χ1n) is 11.7. The zero-order chi connectivity index (χ0) is 26.0. The van der Waals surface area contributed by atoms with Crippen LogP contribution in [0.3, 0.4) is 0 Å². The lowest BCUT2D eigenvalue weighted by Gasteiger charge is -2.12. The largest absolute Gasteiger partial charge is 0.496 e. The van der Waals surface area contributed by atoms with Crippen molar-refractivity contribution < 1.29 is 17.9 Å². The molecule has 1 saturated heterocycles. The summed E-state index contributed by atoms with van der Waals surface area (Å²) in [5, 5.41) is 11.4. The van der Waals surface area contributed by atoms with E-state index in [2.05, 4.69) is 20.5 Å². The maximum Gasteiger partial charge on any atom is 0.272 e. The van der Waals surface area contributed by atoms with E-state index in [1.807, 2.05) is 36.4 Å². The van der Waals surface area contributed by atoms with Crippen LogP contribution >= 0.6 is 22.9 Å².